The maximum atomic E-state index is 14.9. The number of fused-ring (bicyclic) bond motifs is 3. The van der Waals surface area contributed by atoms with Crippen molar-refractivity contribution in [1.82, 2.24) is 0 Å². The Morgan fingerprint density at radius 2 is 0.975 bits per heavy atom. The standard InChI is InChI=1S/C53H86O28/c1-21-5-10-52-11-6-28-50(2,8-4-9-51(28,3)49(71)81-48-43(39(68)33(62)25(16-57)78-48)72-18-27-34(63)36(65)30(59)22(13-54)74-27)29(52)7-12-53(21,19-52)20-73-47-44(80-46-41(70)38(67)32(61)24(15-56)76-46)42(35(64)26(17-58)77-47)79-45-40(69)37(66)31(60)23(14-55)75-45/h22-48,54-70H,1,4-20H2,2-3H3/t22?,23?,24?,25?,26?,27?,28?,29-,30?,31?,32?,33?,34?,35?,36?,37?,38?,39?,40?,41?,42?,43?,44?,45?,46?,47?,48?,50+,51+,52-,53?/m0/s1. The predicted octanol–water partition coefficient (Wildman–Crippen LogP) is -6.61. The first kappa shape index (κ1) is 63.7. The van der Waals surface area contributed by atoms with E-state index in [0.29, 0.717) is 51.4 Å². The molecule has 9 fully saturated rings. The van der Waals surface area contributed by atoms with Crippen LogP contribution in [0, 0.1) is 33.5 Å². The third kappa shape index (κ3) is 11.4. The number of aliphatic hydroxyl groups is 17. The van der Waals surface area contributed by atoms with Gasteiger partial charge >= 0.3 is 5.97 Å². The molecule has 4 aliphatic carbocycles. The average molecular weight is 1170 g/mol. The number of aliphatic hydroxyl groups excluding tert-OH is 17. The predicted molar refractivity (Wildman–Crippen MR) is 266 cm³/mol. The molecule has 17 N–H and O–H groups in total. The third-order valence-corrected chi connectivity index (χ3v) is 20.3. The van der Waals surface area contributed by atoms with E-state index in [9.17, 15) is 91.6 Å². The fourth-order valence-electron chi connectivity index (χ4n) is 15.6. The molecule has 0 aromatic heterocycles. The zero-order valence-corrected chi connectivity index (χ0v) is 45.4. The highest BCUT2D eigenvalue weighted by atomic mass is 16.8. The van der Waals surface area contributed by atoms with Crippen molar-refractivity contribution >= 4 is 5.97 Å². The molecule has 0 radical (unpaired) electrons. The van der Waals surface area contributed by atoms with Crippen LogP contribution >= 0.6 is 0 Å². The fraction of sp³-hybridized carbons (Fsp3) is 0.943. The fourth-order valence-corrected chi connectivity index (χ4v) is 15.6. The third-order valence-electron chi connectivity index (χ3n) is 20.3. The van der Waals surface area contributed by atoms with E-state index < -0.39 is 215 Å². The number of esters is 1. The van der Waals surface area contributed by atoms with Crippen molar-refractivity contribution in [3.05, 3.63) is 12.2 Å². The molecule has 2 bridgehead atoms. The van der Waals surface area contributed by atoms with Crippen molar-refractivity contribution in [3.8, 4) is 0 Å². The van der Waals surface area contributed by atoms with Crippen LogP contribution in [0.3, 0.4) is 0 Å². The Bertz CT molecular complexity index is 2130. The molecule has 28 heteroatoms. The van der Waals surface area contributed by atoms with E-state index in [0.717, 1.165) is 18.4 Å². The van der Waals surface area contributed by atoms with Crippen LogP contribution < -0.4 is 0 Å². The minimum atomic E-state index is -1.97. The zero-order chi connectivity index (χ0) is 58.8. The summed E-state index contributed by atoms with van der Waals surface area (Å²) in [6, 6.07) is 0. The maximum absolute atomic E-state index is 14.9. The summed E-state index contributed by atoms with van der Waals surface area (Å²) >= 11 is 0. The van der Waals surface area contributed by atoms with Crippen LogP contribution in [0.2, 0.25) is 0 Å². The van der Waals surface area contributed by atoms with Gasteiger partial charge in [0.15, 0.2) is 18.9 Å². The number of rotatable bonds is 17. The van der Waals surface area contributed by atoms with Gasteiger partial charge in [0, 0.05) is 5.41 Å². The Morgan fingerprint density at radius 3 is 1.56 bits per heavy atom. The second-order valence-corrected chi connectivity index (χ2v) is 24.8. The van der Waals surface area contributed by atoms with Crippen LogP contribution in [-0.4, -0.2) is 292 Å². The van der Waals surface area contributed by atoms with Crippen molar-refractivity contribution in [2.24, 2.45) is 33.5 Å². The van der Waals surface area contributed by atoms with Crippen molar-refractivity contribution in [2.75, 3.05) is 46.2 Å². The lowest BCUT2D eigenvalue weighted by Gasteiger charge is -2.68. The van der Waals surface area contributed by atoms with Crippen LogP contribution in [0.4, 0.5) is 0 Å². The van der Waals surface area contributed by atoms with Gasteiger partial charge in [-0.25, -0.2) is 0 Å². The molecule has 5 heterocycles. The molecule has 4 saturated carbocycles. The molecule has 27 unspecified atom stereocenters. The van der Waals surface area contributed by atoms with Gasteiger partial charge in [0.2, 0.25) is 6.29 Å². The summed E-state index contributed by atoms with van der Waals surface area (Å²) < 4.78 is 60.1. The summed E-state index contributed by atoms with van der Waals surface area (Å²) in [6.07, 6.45) is -35.9. The number of ether oxygens (including phenoxy) is 10. The van der Waals surface area contributed by atoms with Crippen LogP contribution in [0.5, 0.6) is 0 Å². The molecule has 5 saturated heterocycles. The van der Waals surface area contributed by atoms with Crippen molar-refractivity contribution in [3.63, 3.8) is 0 Å². The first-order chi connectivity index (χ1) is 38.4. The summed E-state index contributed by atoms with van der Waals surface area (Å²) in [5.41, 5.74) is -1.71. The van der Waals surface area contributed by atoms with E-state index in [1.807, 2.05) is 6.92 Å². The molecule has 0 aromatic rings. The van der Waals surface area contributed by atoms with Gasteiger partial charge in [-0.2, -0.15) is 0 Å². The van der Waals surface area contributed by atoms with E-state index in [1.54, 1.807) is 0 Å². The molecule has 31 atom stereocenters. The maximum Gasteiger partial charge on any atom is 0.314 e. The summed E-state index contributed by atoms with van der Waals surface area (Å²) in [6.45, 7) is 4.00. The van der Waals surface area contributed by atoms with E-state index in [2.05, 4.69) is 13.5 Å². The van der Waals surface area contributed by atoms with Crippen molar-refractivity contribution in [2.45, 2.75) is 231 Å². The first-order valence-corrected chi connectivity index (χ1v) is 28.3. The highest BCUT2D eigenvalue weighted by molar-refractivity contribution is 5.77. The van der Waals surface area contributed by atoms with Gasteiger partial charge in [0.25, 0.3) is 0 Å². The van der Waals surface area contributed by atoms with Gasteiger partial charge < -0.3 is 134 Å². The Morgan fingerprint density at radius 1 is 0.494 bits per heavy atom. The van der Waals surface area contributed by atoms with Crippen molar-refractivity contribution in [1.29, 1.82) is 0 Å². The smallest absolute Gasteiger partial charge is 0.314 e. The molecule has 0 amide bonds. The van der Waals surface area contributed by atoms with E-state index >= 15 is 0 Å². The number of hydrogen-bond acceptors (Lipinski definition) is 28. The highest BCUT2D eigenvalue weighted by Crippen LogP contribution is 2.73. The van der Waals surface area contributed by atoms with E-state index in [1.165, 1.54) is 0 Å². The van der Waals surface area contributed by atoms with Gasteiger partial charge in [-0.1, -0.05) is 25.5 Å². The summed E-state index contributed by atoms with van der Waals surface area (Å²) in [7, 11) is 0. The van der Waals surface area contributed by atoms with E-state index in [-0.39, 0.29) is 23.9 Å². The van der Waals surface area contributed by atoms with Gasteiger partial charge in [0.05, 0.1) is 51.7 Å². The quantitative estimate of drug-likeness (QED) is 0.0476. The lowest BCUT2D eigenvalue weighted by Crippen LogP contribution is -2.67. The number of carbonyl (C=O) groups is 1. The molecule has 28 nitrogen and oxygen atoms in total. The SMILES string of the molecule is C=C1CC[C@@]23CCC4[C@](C)(C(=O)OC5OC(CO)C(O)C(O)C5OCC5OC(CO)C(O)C(O)C5O)CCC[C@@]4(C)[C@@H]2CCC1(COC1OC(CO)C(O)C(OC2OC(CO)C(O)C(O)C2O)C1OC1OC(CO)C(O)C(O)C1O)C3. The minimum absolute atomic E-state index is 0.0621. The molecule has 5 aliphatic heterocycles. The molecular formula is C53H86O28. The van der Waals surface area contributed by atoms with Crippen LogP contribution in [0.1, 0.15) is 78.1 Å². The number of carbonyl (C=O) groups excluding carboxylic acids is 1. The highest BCUT2D eigenvalue weighted by Gasteiger charge is 2.67. The lowest BCUT2D eigenvalue weighted by atomic mass is 9.36. The molecule has 9 aliphatic rings. The van der Waals surface area contributed by atoms with Crippen LogP contribution in [0.15, 0.2) is 12.2 Å². The number of hydrogen-bond donors (Lipinski definition) is 17. The second-order valence-electron chi connectivity index (χ2n) is 24.8. The topological polar surface area (TPSA) is 453 Å². The Hall–Kier alpha value is -1.83. The second kappa shape index (κ2) is 25.1. The van der Waals surface area contributed by atoms with Crippen LogP contribution in [0.25, 0.3) is 0 Å². The summed E-state index contributed by atoms with van der Waals surface area (Å²) in [5.74, 6) is -0.840. The van der Waals surface area contributed by atoms with Gasteiger partial charge in [-0.05, 0) is 87.4 Å². The Labute approximate surface area is 467 Å². The normalized spacial score (nSPS) is 53.1. The monoisotopic (exact) mass is 1170 g/mol. The summed E-state index contributed by atoms with van der Waals surface area (Å²) in [5, 5.41) is 180. The summed E-state index contributed by atoms with van der Waals surface area (Å²) in [4.78, 5) is 14.9. The van der Waals surface area contributed by atoms with Gasteiger partial charge in [-0.15, -0.1) is 0 Å². The average Bonchev–Trinajstić information content (AvgIpc) is 1.69. The molecule has 1 spiro atoms. The Balaban J connectivity index is 0.937. The molecular weight excluding hydrogens is 1080 g/mol. The van der Waals surface area contributed by atoms with Crippen molar-refractivity contribution < 1.29 is 139 Å². The minimum Gasteiger partial charge on any atom is -0.432 e. The largest absolute Gasteiger partial charge is 0.432 e. The van der Waals surface area contributed by atoms with Crippen LogP contribution in [-0.2, 0) is 52.2 Å². The van der Waals surface area contributed by atoms with Gasteiger partial charge in [0.1, 0.15) is 128 Å². The molecule has 9 rings (SSSR count). The molecule has 0 aromatic carbocycles. The first-order valence-electron chi connectivity index (χ1n) is 28.3. The lowest BCUT2D eigenvalue weighted by molar-refractivity contribution is -0.393. The van der Waals surface area contributed by atoms with Gasteiger partial charge in [-0.3, -0.25) is 4.79 Å². The Kier molecular flexibility index (Phi) is 19.7. The van der Waals surface area contributed by atoms with E-state index in [4.69, 9.17) is 47.4 Å². The molecule has 466 valence electrons. The molecule has 81 heavy (non-hydrogen) atoms. The zero-order valence-electron chi connectivity index (χ0n) is 45.4.